The Morgan fingerprint density at radius 3 is 2.39 bits per heavy atom. The first-order valence-electron chi connectivity index (χ1n) is 5.48. The van der Waals surface area contributed by atoms with Gasteiger partial charge in [-0.05, 0) is 24.1 Å². The van der Waals surface area contributed by atoms with Crippen LogP contribution in [-0.2, 0) is 4.79 Å². The Bertz CT molecular complexity index is 474. The molecule has 0 radical (unpaired) electrons. The largest absolute Gasteiger partial charge is 0.398 e. The molecule has 0 spiro atoms. The van der Waals surface area contributed by atoms with Crippen LogP contribution in [0.15, 0.2) is 18.2 Å². The van der Waals surface area contributed by atoms with E-state index in [1.807, 2.05) is 0 Å². The number of benzene rings is 1. The number of amides is 2. The number of rotatable bonds is 4. The number of nitrogens with one attached hydrogen (secondary N) is 1. The van der Waals surface area contributed by atoms with Gasteiger partial charge in [0.05, 0.1) is 10.7 Å². The Labute approximate surface area is 110 Å². The molecule has 0 fully saturated rings. The van der Waals surface area contributed by atoms with Crippen LogP contribution in [-0.4, -0.2) is 17.9 Å². The van der Waals surface area contributed by atoms with Gasteiger partial charge in [-0.3, -0.25) is 9.59 Å². The lowest BCUT2D eigenvalue weighted by molar-refractivity contribution is -0.120. The smallest absolute Gasteiger partial charge is 0.251 e. The topological polar surface area (TPSA) is 98.2 Å². The first-order chi connectivity index (χ1) is 8.32. The van der Waals surface area contributed by atoms with Crippen LogP contribution in [0.3, 0.4) is 0 Å². The van der Waals surface area contributed by atoms with Gasteiger partial charge in [0.1, 0.15) is 6.04 Å². The average molecular weight is 270 g/mol. The second-order valence-corrected chi connectivity index (χ2v) is 4.74. The van der Waals surface area contributed by atoms with Crippen molar-refractivity contribution in [1.29, 1.82) is 0 Å². The molecule has 1 aromatic carbocycles. The highest BCUT2D eigenvalue weighted by molar-refractivity contribution is 6.33. The number of hydrogen-bond donors (Lipinski definition) is 3. The lowest BCUT2D eigenvalue weighted by Gasteiger charge is -2.19. The van der Waals surface area contributed by atoms with E-state index in [-0.39, 0.29) is 5.92 Å². The Kier molecular flexibility index (Phi) is 4.55. The van der Waals surface area contributed by atoms with E-state index in [0.29, 0.717) is 16.3 Å². The maximum atomic E-state index is 11.9. The number of halogens is 1. The molecule has 0 saturated heterocycles. The highest BCUT2D eigenvalue weighted by Gasteiger charge is 2.22. The van der Waals surface area contributed by atoms with Crippen molar-refractivity contribution < 1.29 is 9.59 Å². The van der Waals surface area contributed by atoms with Crippen LogP contribution in [0.1, 0.15) is 24.2 Å². The third-order valence-electron chi connectivity index (χ3n) is 2.52. The number of anilines is 1. The molecule has 5 N–H and O–H groups in total. The van der Waals surface area contributed by atoms with Gasteiger partial charge in [-0.25, -0.2) is 0 Å². The molecular weight excluding hydrogens is 254 g/mol. The molecule has 0 bridgehead atoms. The Morgan fingerprint density at radius 1 is 1.33 bits per heavy atom. The summed E-state index contributed by atoms with van der Waals surface area (Å²) in [6.07, 6.45) is 0. The molecule has 0 aliphatic carbocycles. The third-order valence-corrected chi connectivity index (χ3v) is 2.85. The number of primary amides is 1. The van der Waals surface area contributed by atoms with Crippen molar-refractivity contribution in [2.75, 3.05) is 5.73 Å². The van der Waals surface area contributed by atoms with Gasteiger partial charge in [-0.2, -0.15) is 0 Å². The van der Waals surface area contributed by atoms with E-state index < -0.39 is 17.9 Å². The van der Waals surface area contributed by atoms with Gasteiger partial charge in [-0.1, -0.05) is 25.4 Å². The van der Waals surface area contributed by atoms with Crippen LogP contribution in [0.4, 0.5) is 5.69 Å². The van der Waals surface area contributed by atoms with Gasteiger partial charge in [0.2, 0.25) is 5.91 Å². The van der Waals surface area contributed by atoms with E-state index in [2.05, 4.69) is 5.32 Å². The highest BCUT2D eigenvalue weighted by Crippen LogP contribution is 2.19. The molecular formula is C12H16ClN3O2. The maximum absolute atomic E-state index is 11.9. The van der Waals surface area contributed by atoms with Crippen LogP contribution in [0.5, 0.6) is 0 Å². The third kappa shape index (κ3) is 3.37. The first-order valence-corrected chi connectivity index (χ1v) is 5.86. The Balaban J connectivity index is 2.87. The maximum Gasteiger partial charge on any atom is 0.251 e. The summed E-state index contributed by atoms with van der Waals surface area (Å²) in [5.74, 6) is -1.06. The number of nitrogens with two attached hydrogens (primary N) is 2. The molecule has 98 valence electrons. The van der Waals surface area contributed by atoms with Gasteiger partial charge >= 0.3 is 0 Å². The first kappa shape index (κ1) is 14.3. The predicted molar refractivity (Wildman–Crippen MR) is 71.2 cm³/mol. The van der Waals surface area contributed by atoms with Gasteiger partial charge in [0.25, 0.3) is 5.91 Å². The molecule has 0 aromatic heterocycles. The van der Waals surface area contributed by atoms with E-state index in [4.69, 9.17) is 23.1 Å². The zero-order valence-electron chi connectivity index (χ0n) is 10.2. The molecule has 5 nitrogen and oxygen atoms in total. The minimum atomic E-state index is -0.714. The molecule has 6 heteroatoms. The fourth-order valence-electron chi connectivity index (χ4n) is 1.46. The number of carbonyl (C=O) groups is 2. The molecule has 0 aliphatic rings. The highest BCUT2D eigenvalue weighted by atomic mass is 35.5. The Morgan fingerprint density at radius 2 is 1.94 bits per heavy atom. The summed E-state index contributed by atoms with van der Waals surface area (Å²) < 4.78 is 0. The summed E-state index contributed by atoms with van der Waals surface area (Å²) in [4.78, 5) is 23.1. The fourth-order valence-corrected chi connectivity index (χ4v) is 1.64. The predicted octanol–water partition coefficient (Wildman–Crippen LogP) is 1.16. The Hall–Kier alpha value is -1.75. The van der Waals surface area contributed by atoms with Crippen molar-refractivity contribution in [2.24, 2.45) is 11.7 Å². The van der Waals surface area contributed by atoms with Crippen molar-refractivity contribution in [3.8, 4) is 0 Å². The number of nitrogen functional groups attached to an aromatic ring is 1. The quantitative estimate of drug-likeness (QED) is 0.716. The van der Waals surface area contributed by atoms with E-state index >= 15 is 0 Å². The van der Waals surface area contributed by atoms with Gasteiger partial charge in [0.15, 0.2) is 0 Å². The molecule has 1 atom stereocenters. The van der Waals surface area contributed by atoms with Gasteiger partial charge in [-0.15, -0.1) is 0 Å². The monoisotopic (exact) mass is 269 g/mol. The molecule has 1 aromatic rings. The lowest BCUT2D eigenvalue weighted by atomic mass is 10.0. The van der Waals surface area contributed by atoms with Crippen molar-refractivity contribution >= 4 is 29.1 Å². The molecule has 18 heavy (non-hydrogen) atoms. The van der Waals surface area contributed by atoms with Crippen LogP contribution >= 0.6 is 11.6 Å². The van der Waals surface area contributed by atoms with Gasteiger partial charge in [0, 0.05) is 5.56 Å². The summed E-state index contributed by atoms with van der Waals surface area (Å²) in [7, 11) is 0. The normalized spacial score (nSPS) is 12.2. The molecule has 0 heterocycles. The van der Waals surface area contributed by atoms with Crippen LogP contribution in [0.2, 0.25) is 5.02 Å². The van der Waals surface area contributed by atoms with Crippen LogP contribution < -0.4 is 16.8 Å². The van der Waals surface area contributed by atoms with E-state index in [9.17, 15) is 9.59 Å². The molecule has 1 unspecified atom stereocenters. The zero-order chi connectivity index (χ0) is 13.9. The molecule has 0 saturated carbocycles. The van der Waals surface area contributed by atoms with Gasteiger partial charge < -0.3 is 16.8 Å². The lowest BCUT2D eigenvalue weighted by Crippen LogP contribution is -2.47. The summed E-state index contributed by atoms with van der Waals surface area (Å²) in [6.45, 7) is 3.59. The van der Waals surface area contributed by atoms with E-state index in [1.54, 1.807) is 13.8 Å². The van der Waals surface area contributed by atoms with E-state index in [1.165, 1.54) is 18.2 Å². The number of carbonyl (C=O) groups excluding carboxylic acids is 2. The van der Waals surface area contributed by atoms with E-state index in [0.717, 1.165) is 0 Å². The summed E-state index contributed by atoms with van der Waals surface area (Å²) >= 11 is 5.82. The van der Waals surface area contributed by atoms with Crippen LogP contribution in [0.25, 0.3) is 0 Å². The van der Waals surface area contributed by atoms with Crippen LogP contribution in [0, 0.1) is 5.92 Å². The summed E-state index contributed by atoms with van der Waals surface area (Å²) in [5, 5.41) is 2.86. The van der Waals surface area contributed by atoms with Crippen molar-refractivity contribution in [3.63, 3.8) is 0 Å². The zero-order valence-corrected chi connectivity index (χ0v) is 11.0. The standard InChI is InChI=1S/C12H16ClN3O2/c1-6(2)10(11(15)17)16-12(18)7-3-4-9(14)8(13)5-7/h3-6,10H,14H2,1-2H3,(H2,15,17)(H,16,18). The summed E-state index contributed by atoms with van der Waals surface area (Å²) in [6, 6.07) is 3.81. The second-order valence-electron chi connectivity index (χ2n) is 4.33. The van der Waals surface area contributed by atoms with Crippen molar-refractivity contribution in [3.05, 3.63) is 28.8 Å². The van der Waals surface area contributed by atoms with Crippen molar-refractivity contribution in [2.45, 2.75) is 19.9 Å². The second kappa shape index (κ2) is 5.73. The minimum absolute atomic E-state index is 0.0873. The molecule has 0 aliphatic heterocycles. The van der Waals surface area contributed by atoms with Crippen molar-refractivity contribution in [1.82, 2.24) is 5.32 Å². The molecule has 1 rings (SSSR count). The average Bonchev–Trinajstić information content (AvgIpc) is 2.28. The fraction of sp³-hybridized carbons (Fsp3) is 0.333. The SMILES string of the molecule is CC(C)C(NC(=O)c1ccc(N)c(Cl)c1)C(N)=O. The minimum Gasteiger partial charge on any atom is -0.398 e. The molecule has 2 amide bonds. The number of hydrogen-bond acceptors (Lipinski definition) is 3. The summed E-state index contributed by atoms with van der Waals surface area (Å²) in [5.41, 5.74) is 11.5.